The van der Waals surface area contributed by atoms with E-state index in [1.165, 1.54) is 0 Å². The van der Waals surface area contributed by atoms with Gasteiger partial charge in [-0.3, -0.25) is 4.79 Å². The van der Waals surface area contributed by atoms with Crippen LogP contribution in [0.2, 0.25) is 0 Å². The van der Waals surface area contributed by atoms with Crippen molar-refractivity contribution in [1.82, 2.24) is 0 Å². The lowest BCUT2D eigenvalue weighted by Gasteiger charge is -2.07. The quantitative estimate of drug-likeness (QED) is 0.798. The maximum atomic E-state index is 11.7. The average Bonchev–Trinajstić information content (AvgIpc) is 2.28. The largest absolute Gasteiger partial charge is 0.325 e. The van der Waals surface area contributed by atoms with Crippen LogP contribution in [0, 0.1) is 5.92 Å². The number of anilines is 1. The van der Waals surface area contributed by atoms with Crippen molar-refractivity contribution in [2.45, 2.75) is 18.7 Å². The summed E-state index contributed by atoms with van der Waals surface area (Å²) in [6, 6.07) is 7.91. The molecule has 0 unspecified atom stereocenters. The topological polar surface area (TPSA) is 29.1 Å². The van der Waals surface area contributed by atoms with Gasteiger partial charge in [0.05, 0.1) is 5.75 Å². The molecule has 0 saturated heterocycles. The van der Waals surface area contributed by atoms with Crippen molar-refractivity contribution < 1.29 is 4.79 Å². The van der Waals surface area contributed by atoms with E-state index in [9.17, 15) is 4.79 Å². The summed E-state index contributed by atoms with van der Waals surface area (Å²) in [5.41, 5.74) is 0.881. The molecular formula is C13H19NOS2. The predicted octanol–water partition coefficient (Wildman–Crippen LogP) is 3.74. The summed E-state index contributed by atoms with van der Waals surface area (Å²) in [6.07, 6.45) is 2.03. The first-order valence-electron chi connectivity index (χ1n) is 5.63. The molecule has 0 fully saturated rings. The summed E-state index contributed by atoms with van der Waals surface area (Å²) < 4.78 is 0. The average molecular weight is 269 g/mol. The smallest absolute Gasteiger partial charge is 0.234 e. The molecule has 0 atom stereocenters. The Morgan fingerprint density at radius 3 is 2.82 bits per heavy atom. The van der Waals surface area contributed by atoms with Crippen LogP contribution in [0.1, 0.15) is 13.8 Å². The van der Waals surface area contributed by atoms with Crippen LogP contribution in [0.25, 0.3) is 0 Å². The molecule has 1 aromatic carbocycles. The number of amides is 1. The van der Waals surface area contributed by atoms with Gasteiger partial charge < -0.3 is 5.32 Å². The molecule has 1 amide bonds. The predicted molar refractivity (Wildman–Crippen MR) is 79.0 cm³/mol. The Morgan fingerprint density at radius 1 is 1.41 bits per heavy atom. The van der Waals surface area contributed by atoms with Gasteiger partial charge in [0, 0.05) is 10.6 Å². The number of rotatable bonds is 6. The normalized spacial score (nSPS) is 10.6. The highest BCUT2D eigenvalue weighted by Crippen LogP contribution is 2.19. The first-order chi connectivity index (χ1) is 8.11. The highest BCUT2D eigenvalue weighted by molar-refractivity contribution is 8.00. The Bertz CT molecular complexity index is 366. The summed E-state index contributed by atoms with van der Waals surface area (Å²) in [6.45, 7) is 4.32. The van der Waals surface area contributed by atoms with Gasteiger partial charge in [0.1, 0.15) is 0 Å². The van der Waals surface area contributed by atoms with Crippen LogP contribution < -0.4 is 5.32 Å². The Labute approximate surface area is 112 Å². The third kappa shape index (κ3) is 6.03. The molecule has 1 rings (SSSR count). The fraction of sp³-hybridized carbons (Fsp3) is 0.462. The van der Waals surface area contributed by atoms with Gasteiger partial charge in [-0.1, -0.05) is 19.9 Å². The van der Waals surface area contributed by atoms with E-state index in [0.29, 0.717) is 11.7 Å². The second-order valence-corrected chi connectivity index (χ2v) is 6.10. The standard InChI is InChI=1S/C13H19NOS2/c1-10(2)8-17-9-13(15)14-11-5-4-6-12(7-11)16-3/h4-7,10H,8-9H2,1-3H3,(H,14,15). The van der Waals surface area contributed by atoms with Crippen molar-refractivity contribution in [2.75, 3.05) is 23.1 Å². The summed E-state index contributed by atoms with van der Waals surface area (Å²) in [5.74, 6) is 2.27. The Balaban J connectivity index is 2.39. The van der Waals surface area contributed by atoms with Crippen molar-refractivity contribution in [2.24, 2.45) is 5.92 Å². The molecule has 0 aliphatic heterocycles. The van der Waals surface area contributed by atoms with E-state index < -0.39 is 0 Å². The highest BCUT2D eigenvalue weighted by Gasteiger charge is 2.04. The minimum atomic E-state index is 0.0777. The third-order valence-corrected chi connectivity index (χ3v) is 4.13. The second kappa shape index (κ2) is 7.67. The lowest BCUT2D eigenvalue weighted by atomic mass is 10.3. The van der Waals surface area contributed by atoms with Gasteiger partial charge in [0.2, 0.25) is 5.91 Å². The molecule has 1 N–H and O–H groups in total. The number of hydrogen-bond donors (Lipinski definition) is 1. The highest BCUT2D eigenvalue weighted by atomic mass is 32.2. The first kappa shape index (κ1) is 14.5. The minimum absolute atomic E-state index is 0.0777. The second-order valence-electron chi connectivity index (χ2n) is 4.19. The third-order valence-electron chi connectivity index (χ3n) is 2.04. The van der Waals surface area contributed by atoms with E-state index in [1.807, 2.05) is 30.5 Å². The van der Waals surface area contributed by atoms with Gasteiger partial charge in [-0.15, -0.1) is 11.8 Å². The SMILES string of the molecule is CSc1cccc(NC(=O)CSCC(C)C)c1. The molecule has 17 heavy (non-hydrogen) atoms. The van der Waals surface area contributed by atoms with E-state index in [0.717, 1.165) is 16.3 Å². The fourth-order valence-electron chi connectivity index (χ4n) is 1.29. The number of carbonyl (C=O) groups is 1. The van der Waals surface area contributed by atoms with Crippen LogP contribution in [0.4, 0.5) is 5.69 Å². The molecule has 1 aromatic rings. The number of carbonyl (C=O) groups excluding carboxylic acids is 1. The zero-order chi connectivity index (χ0) is 12.7. The molecule has 0 bridgehead atoms. The number of nitrogens with one attached hydrogen (secondary N) is 1. The molecule has 0 heterocycles. The summed E-state index contributed by atoms with van der Waals surface area (Å²) >= 11 is 3.36. The lowest BCUT2D eigenvalue weighted by Crippen LogP contribution is -2.14. The van der Waals surface area contributed by atoms with Gasteiger partial charge in [0.25, 0.3) is 0 Å². The Hall–Kier alpha value is -0.610. The summed E-state index contributed by atoms with van der Waals surface area (Å²) in [7, 11) is 0. The molecule has 0 aliphatic rings. The molecule has 4 heteroatoms. The lowest BCUT2D eigenvalue weighted by molar-refractivity contribution is -0.113. The molecule has 0 aromatic heterocycles. The van der Waals surface area contributed by atoms with Crippen molar-refractivity contribution in [3.05, 3.63) is 24.3 Å². The van der Waals surface area contributed by atoms with E-state index >= 15 is 0 Å². The summed E-state index contributed by atoms with van der Waals surface area (Å²) in [5, 5.41) is 2.92. The Morgan fingerprint density at radius 2 is 2.18 bits per heavy atom. The molecular weight excluding hydrogens is 250 g/mol. The van der Waals surface area contributed by atoms with E-state index in [2.05, 4.69) is 19.2 Å². The van der Waals surface area contributed by atoms with Gasteiger partial charge in [-0.25, -0.2) is 0 Å². The van der Waals surface area contributed by atoms with Gasteiger partial charge in [0.15, 0.2) is 0 Å². The summed E-state index contributed by atoms with van der Waals surface area (Å²) in [4.78, 5) is 12.8. The van der Waals surface area contributed by atoms with Crippen LogP contribution in [0.3, 0.4) is 0 Å². The van der Waals surface area contributed by atoms with E-state index in [-0.39, 0.29) is 5.91 Å². The zero-order valence-corrected chi connectivity index (χ0v) is 12.2. The molecule has 0 aliphatic carbocycles. The van der Waals surface area contributed by atoms with Crippen LogP contribution in [-0.2, 0) is 4.79 Å². The number of hydrogen-bond acceptors (Lipinski definition) is 3. The molecule has 0 radical (unpaired) electrons. The molecule has 2 nitrogen and oxygen atoms in total. The minimum Gasteiger partial charge on any atom is -0.325 e. The van der Waals surface area contributed by atoms with Crippen molar-refractivity contribution in [3.63, 3.8) is 0 Å². The van der Waals surface area contributed by atoms with Crippen LogP contribution in [-0.4, -0.2) is 23.7 Å². The molecule has 0 saturated carbocycles. The maximum absolute atomic E-state index is 11.7. The first-order valence-corrected chi connectivity index (χ1v) is 8.01. The van der Waals surface area contributed by atoms with E-state index in [1.54, 1.807) is 23.5 Å². The monoisotopic (exact) mass is 269 g/mol. The van der Waals surface area contributed by atoms with Crippen molar-refractivity contribution in [3.8, 4) is 0 Å². The van der Waals surface area contributed by atoms with Gasteiger partial charge in [-0.05, 0) is 36.1 Å². The zero-order valence-electron chi connectivity index (χ0n) is 10.5. The van der Waals surface area contributed by atoms with Crippen LogP contribution >= 0.6 is 23.5 Å². The van der Waals surface area contributed by atoms with Gasteiger partial charge in [-0.2, -0.15) is 11.8 Å². The Kier molecular flexibility index (Phi) is 6.52. The van der Waals surface area contributed by atoms with Crippen LogP contribution in [0.5, 0.6) is 0 Å². The fourth-order valence-corrected chi connectivity index (χ4v) is 2.59. The maximum Gasteiger partial charge on any atom is 0.234 e. The number of benzene rings is 1. The molecule has 0 spiro atoms. The van der Waals surface area contributed by atoms with Crippen molar-refractivity contribution >= 4 is 35.1 Å². The van der Waals surface area contributed by atoms with Crippen LogP contribution in [0.15, 0.2) is 29.2 Å². The van der Waals surface area contributed by atoms with Crippen molar-refractivity contribution in [1.29, 1.82) is 0 Å². The van der Waals surface area contributed by atoms with Gasteiger partial charge >= 0.3 is 0 Å². The number of thioether (sulfide) groups is 2. The molecule has 94 valence electrons. The van der Waals surface area contributed by atoms with E-state index in [4.69, 9.17) is 0 Å².